The Bertz CT molecular complexity index is 630. The Morgan fingerprint density at radius 2 is 1.90 bits per heavy atom. The van der Waals surface area contributed by atoms with Gasteiger partial charge in [-0.05, 0) is 19.9 Å². The van der Waals surface area contributed by atoms with Crippen LogP contribution in [0.2, 0.25) is 0 Å². The van der Waals surface area contributed by atoms with Gasteiger partial charge in [-0.15, -0.1) is 0 Å². The van der Waals surface area contributed by atoms with E-state index in [1.807, 2.05) is 0 Å². The highest BCUT2D eigenvalue weighted by Crippen LogP contribution is 2.36. The van der Waals surface area contributed by atoms with E-state index in [1.54, 1.807) is 6.92 Å². The van der Waals surface area contributed by atoms with E-state index in [0.717, 1.165) is 10.9 Å². The van der Waals surface area contributed by atoms with Crippen LogP contribution in [0.4, 0.5) is 22.0 Å². The monoisotopic (exact) mass is 293 g/mol. The third-order valence-corrected chi connectivity index (χ3v) is 3.12. The Hall–Kier alpha value is -1.73. The van der Waals surface area contributed by atoms with Gasteiger partial charge in [0.2, 0.25) is 5.67 Å². The standard InChI is InChI=1S/C12H12F5N3/c1-7-9-5-8(13)6-18-10(9)20(19-7)4-3-11(2,14)12(15,16)17/h5-6H,3-4H2,1-2H3. The summed E-state index contributed by atoms with van der Waals surface area (Å²) in [7, 11) is 0. The second-order valence-corrected chi connectivity index (χ2v) is 4.78. The van der Waals surface area contributed by atoms with Crippen molar-refractivity contribution in [2.24, 2.45) is 0 Å². The first-order valence-corrected chi connectivity index (χ1v) is 5.86. The fourth-order valence-electron chi connectivity index (χ4n) is 1.80. The van der Waals surface area contributed by atoms with Gasteiger partial charge in [-0.2, -0.15) is 18.3 Å². The van der Waals surface area contributed by atoms with Crippen molar-refractivity contribution in [2.75, 3.05) is 0 Å². The predicted molar refractivity (Wildman–Crippen MR) is 62.4 cm³/mol. The normalized spacial score (nSPS) is 15.6. The van der Waals surface area contributed by atoms with Crippen LogP contribution in [0.25, 0.3) is 11.0 Å². The van der Waals surface area contributed by atoms with Gasteiger partial charge in [0.1, 0.15) is 5.82 Å². The predicted octanol–water partition coefficient (Wildman–Crippen LogP) is 3.56. The zero-order valence-corrected chi connectivity index (χ0v) is 10.8. The molecule has 0 spiro atoms. The zero-order chi connectivity index (χ0) is 15.1. The summed E-state index contributed by atoms with van der Waals surface area (Å²) in [6.07, 6.45) is -4.78. The van der Waals surface area contributed by atoms with Crippen molar-refractivity contribution in [3.8, 4) is 0 Å². The van der Waals surface area contributed by atoms with Crippen LogP contribution < -0.4 is 0 Å². The lowest BCUT2D eigenvalue weighted by Crippen LogP contribution is -2.38. The average molecular weight is 293 g/mol. The number of aryl methyl sites for hydroxylation is 2. The van der Waals surface area contributed by atoms with Crippen LogP contribution in [-0.4, -0.2) is 26.6 Å². The third kappa shape index (κ3) is 2.59. The van der Waals surface area contributed by atoms with Crippen molar-refractivity contribution in [2.45, 2.75) is 38.7 Å². The van der Waals surface area contributed by atoms with Crippen molar-refractivity contribution in [3.05, 3.63) is 23.8 Å². The molecular formula is C12H12F5N3. The molecule has 0 saturated heterocycles. The molecule has 1 unspecified atom stereocenters. The van der Waals surface area contributed by atoms with E-state index in [-0.39, 0.29) is 12.2 Å². The summed E-state index contributed by atoms with van der Waals surface area (Å²) in [5.74, 6) is -0.564. The molecule has 0 fully saturated rings. The summed E-state index contributed by atoms with van der Waals surface area (Å²) in [5.41, 5.74) is -2.64. The Labute approximate surface area is 111 Å². The summed E-state index contributed by atoms with van der Waals surface area (Å²) in [6.45, 7) is 1.77. The van der Waals surface area contributed by atoms with Gasteiger partial charge in [-0.25, -0.2) is 18.4 Å². The van der Waals surface area contributed by atoms with E-state index in [0.29, 0.717) is 18.0 Å². The van der Waals surface area contributed by atoms with Gasteiger partial charge >= 0.3 is 6.18 Å². The Morgan fingerprint density at radius 1 is 1.25 bits per heavy atom. The SMILES string of the molecule is Cc1nn(CCC(C)(F)C(F)(F)F)c2ncc(F)cc12. The molecule has 0 saturated carbocycles. The molecule has 0 radical (unpaired) electrons. The van der Waals surface area contributed by atoms with Gasteiger partial charge in [0.05, 0.1) is 11.9 Å². The molecule has 110 valence electrons. The van der Waals surface area contributed by atoms with Crippen molar-refractivity contribution < 1.29 is 22.0 Å². The van der Waals surface area contributed by atoms with E-state index in [2.05, 4.69) is 10.1 Å². The first-order chi connectivity index (χ1) is 9.12. The summed E-state index contributed by atoms with van der Waals surface area (Å²) >= 11 is 0. The molecule has 1 atom stereocenters. The number of hydrogen-bond donors (Lipinski definition) is 0. The molecule has 20 heavy (non-hydrogen) atoms. The second-order valence-electron chi connectivity index (χ2n) is 4.78. The Balaban J connectivity index is 2.27. The maximum Gasteiger partial charge on any atom is 0.422 e. The van der Waals surface area contributed by atoms with Crippen LogP contribution in [0.3, 0.4) is 0 Å². The minimum absolute atomic E-state index is 0.238. The van der Waals surface area contributed by atoms with Gasteiger partial charge in [0, 0.05) is 18.4 Å². The molecule has 2 rings (SSSR count). The van der Waals surface area contributed by atoms with Crippen molar-refractivity contribution in [1.82, 2.24) is 14.8 Å². The number of alkyl halides is 4. The molecule has 0 N–H and O–H groups in total. The minimum atomic E-state index is -4.94. The average Bonchev–Trinajstić information content (AvgIpc) is 2.62. The summed E-state index contributed by atoms with van der Waals surface area (Å²) in [4.78, 5) is 3.79. The second kappa shape index (κ2) is 4.68. The highest BCUT2D eigenvalue weighted by atomic mass is 19.4. The maximum atomic E-state index is 13.5. The fourth-order valence-corrected chi connectivity index (χ4v) is 1.80. The number of nitrogens with zero attached hydrogens (tertiary/aromatic N) is 3. The summed E-state index contributed by atoms with van der Waals surface area (Å²) in [5, 5.41) is 4.37. The summed E-state index contributed by atoms with van der Waals surface area (Å²) < 4.78 is 65.0. The number of fused-ring (bicyclic) bond motifs is 1. The van der Waals surface area contributed by atoms with Crippen LogP contribution in [0.1, 0.15) is 19.0 Å². The molecule has 0 aliphatic heterocycles. The van der Waals surface area contributed by atoms with E-state index < -0.39 is 24.1 Å². The van der Waals surface area contributed by atoms with Crippen LogP contribution in [0.15, 0.2) is 12.3 Å². The molecular weight excluding hydrogens is 281 g/mol. The van der Waals surface area contributed by atoms with Crippen LogP contribution in [0.5, 0.6) is 0 Å². The number of rotatable bonds is 3. The molecule has 0 aromatic carbocycles. The number of hydrogen-bond acceptors (Lipinski definition) is 2. The van der Waals surface area contributed by atoms with Gasteiger partial charge in [0.25, 0.3) is 0 Å². The number of pyridine rings is 1. The molecule has 0 amide bonds. The maximum absolute atomic E-state index is 13.5. The van der Waals surface area contributed by atoms with Crippen LogP contribution >= 0.6 is 0 Å². The van der Waals surface area contributed by atoms with Crippen LogP contribution in [-0.2, 0) is 6.54 Å². The Kier molecular flexibility index (Phi) is 3.43. The molecule has 2 heterocycles. The van der Waals surface area contributed by atoms with Gasteiger partial charge in [-0.1, -0.05) is 0 Å². The highest BCUT2D eigenvalue weighted by molar-refractivity contribution is 5.77. The first kappa shape index (κ1) is 14.7. The van der Waals surface area contributed by atoms with Crippen molar-refractivity contribution >= 4 is 11.0 Å². The van der Waals surface area contributed by atoms with Crippen LogP contribution in [0, 0.1) is 12.7 Å². The molecule has 8 heteroatoms. The quantitative estimate of drug-likeness (QED) is 0.810. The van der Waals surface area contributed by atoms with E-state index in [1.165, 1.54) is 6.07 Å². The fraction of sp³-hybridized carbons (Fsp3) is 0.500. The van der Waals surface area contributed by atoms with Gasteiger partial charge < -0.3 is 0 Å². The van der Waals surface area contributed by atoms with E-state index >= 15 is 0 Å². The van der Waals surface area contributed by atoms with E-state index in [9.17, 15) is 22.0 Å². The van der Waals surface area contributed by atoms with Crippen molar-refractivity contribution in [3.63, 3.8) is 0 Å². The zero-order valence-electron chi connectivity index (χ0n) is 10.8. The number of halogens is 5. The van der Waals surface area contributed by atoms with E-state index in [4.69, 9.17) is 0 Å². The summed E-state index contributed by atoms with van der Waals surface area (Å²) in [6, 6.07) is 1.19. The lowest BCUT2D eigenvalue weighted by Gasteiger charge is -2.23. The molecule has 3 nitrogen and oxygen atoms in total. The smallest absolute Gasteiger partial charge is 0.247 e. The molecule has 2 aromatic rings. The van der Waals surface area contributed by atoms with Gasteiger partial charge in [0.15, 0.2) is 5.65 Å². The molecule has 0 aliphatic carbocycles. The van der Waals surface area contributed by atoms with Gasteiger partial charge in [-0.3, -0.25) is 0 Å². The van der Waals surface area contributed by atoms with Crippen molar-refractivity contribution in [1.29, 1.82) is 0 Å². The third-order valence-electron chi connectivity index (χ3n) is 3.12. The lowest BCUT2D eigenvalue weighted by molar-refractivity contribution is -0.226. The Morgan fingerprint density at radius 3 is 2.50 bits per heavy atom. The highest BCUT2D eigenvalue weighted by Gasteiger charge is 2.51. The minimum Gasteiger partial charge on any atom is -0.247 e. The molecule has 0 aliphatic rings. The number of aromatic nitrogens is 3. The lowest BCUT2D eigenvalue weighted by atomic mass is 10.0. The molecule has 2 aromatic heterocycles. The largest absolute Gasteiger partial charge is 0.422 e. The molecule has 0 bridgehead atoms. The first-order valence-electron chi connectivity index (χ1n) is 5.86. The topological polar surface area (TPSA) is 30.7 Å².